The summed E-state index contributed by atoms with van der Waals surface area (Å²) < 4.78 is 5.32. The lowest BCUT2D eigenvalue weighted by atomic mass is 9.95. The standard InChI is InChI=1S/C22H27N3O4/c26-20(8-7-17-14-16-4-1-2-6-19(16)23-21(17)27)25-9-3-5-18(15-25)22(28)24-10-12-29-13-11-24/h1-2,4,6,14,18H,3,5,7-13,15H2,(H,23,27). The fourth-order valence-corrected chi connectivity index (χ4v) is 4.23. The first-order valence-electron chi connectivity index (χ1n) is 10.4. The summed E-state index contributed by atoms with van der Waals surface area (Å²) in [6, 6.07) is 9.48. The molecule has 2 aliphatic rings. The third-order valence-corrected chi connectivity index (χ3v) is 5.88. The summed E-state index contributed by atoms with van der Waals surface area (Å²) in [5.74, 6) is 0.0173. The molecule has 0 radical (unpaired) electrons. The van der Waals surface area contributed by atoms with E-state index in [-0.39, 0.29) is 29.7 Å². The zero-order valence-electron chi connectivity index (χ0n) is 16.6. The summed E-state index contributed by atoms with van der Waals surface area (Å²) in [5.41, 5.74) is 1.28. The zero-order valence-corrected chi connectivity index (χ0v) is 16.6. The van der Waals surface area contributed by atoms with Crippen LogP contribution in [0.25, 0.3) is 10.9 Å². The molecule has 3 heterocycles. The van der Waals surface area contributed by atoms with Gasteiger partial charge in [0, 0.05) is 43.7 Å². The number of aryl methyl sites for hydroxylation is 1. The number of ether oxygens (including phenoxy) is 1. The lowest BCUT2D eigenvalue weighted by Gasteiger charge is -2.36. The summed E-state index contributed by atoms with van der Waals surface area (Å²) >= 11 is 0. The van der Waals surface area contributed by atoms with Crippen molar-refractivity contribution in [2.45, 2.75) is 25.7 Å². The number of carbonyl (C=O) groups excluding carboxylic acids is 2. The van der Waals surface area contributed by atoms with Gasteiger partial charge in [0.1, 0.15) is 0 Å². The van der Waals surface area contributed by atoms with Gasteiger partial charge in [0.25, 0.3) is 5.56 Å². The van der Waals surface area contributed by atoms with Crippen LogP contribution in [0.1, 0.15) is 24.8 Å². The first kappa shape index (κ1) is 19.6. The van der Waals surface area contributed by atoms with Crippen LogP contribution in [0.3, 0.4) is 0 Å². The molecule has 1 N–H and O–H groups in total. The van der Waals surface area contributed by atoms with Crippen molar-refractivity contribution >= 4 is 22.7 Å². The molecule has 154 valence electrons. The molecule has 2 saturated heterocycles. The van der Waals surface area contributed by atoms with Crippen LogP contribution in [-0.4, -0.2) is 66.0 Å². The minimum Gasteiger partial charge on any atom is -0.378 e. The Morgan fingerprint density at radius 1 is 1.10 bits per heavy atom. The van der Waals surface area contributed by atoms with Gasteiger partial charge in [-0.25, -0.2) is 0 Å². The van der Waals surface area contributed by atoms with E-state index in [1.807, 2.05) is 35.2 Å². The first-order valence-corrected chi connectivity index (χ1v) is 10.4. The number of morpholine rings is 1. The number of hydrogen-bond acceptors (Lipinski definition) is 4. The number of hydrogen-bond donors (Lipinski definition) is 1. The Balaban J connectivity index is 1.36. The molecule has 4 rings (SSSR count). The van der Waals surface area contributed by atoms with Crippen LogP contribution >= 0.6 is 0 Å². The van der Waals surface area contributed by atoms with E-state index in [9.17, 15) is 14.4 Å². The number of rotatable bonds is 4. The van der Waals surface area contributed by atoms with E-state index in [2.05, 4.69) is 4.98 Å². The average Bonchev–Trinajstić information content (AvgIpc) is 2.77. The average molecular weight is 397 g/mol. The van der Waals surface area contributed by atoms with Crippen LogP contribution in [0.5, 0.6) is 0 Å². The van der Waals surface area contributed by atoms with Crippen molar-refractivity contribution in [2.75, 3.05) is 39.4 Å². The number of aromatic amines is 1. The van der Waals surface area contributed by atoms with Crippen molar-refractivity contribution in [2.24, 2.45) is 5.92 Å². The van der Waals surface area contributed by atoms with Gasteiger partial charge in [0.15, 0.2) is 0 Å². The number of piperidine rings is 1. The molecule has 2 aliphatic heterocycles. The minimum absolute atomic E-state index is 0.0111. The van der Waals surface area contributed by atoms with Gasteiger partial charge >= 0.3 is 0 Å². The Hall–Kier alpha value is -2.67. The van der Waals surface area contributed by atoms with Gasteiger partial charge < -0.3 is 19.5 Å². The number of nitrogens with one attached hydrogen (secondary N) is 1. The number of likely N-dealkylation sites (tertiary alicyclic amines) is 1. The van der Waals surface area contributed by atoms with Gasteiger partial charge in [0.2, 0.25) is 11.8 Å². The number of pyridine rings is 1. The molecule has 0 aliphatic carbocycles. The highest BCUT2D eigenvalue weighted by Crippen LogP contribution is 2.21. The van der Waals surface area contributed by atoms with Crippen molar-refractivity contribution in [3.05, 3.63) is 46.2 Å². The number of benzene rings is 1. The van der Waals surface area contributed by atoms with Crippen LogP contribution in [0, 0.1) is 5.92 Å². The fraction of sp³-hybridized carbons (Fsp3) is 0.500. The summed E-state index contributed by atoms with van der Waals surface area (Å²) in [6.07, 6.45) is 2.34. The summed E-state index contributed by atoms with van der Waals surface area (Å²) in [6.45, 7) is 3.59. The Morgan fingerprint density at radius 3 is 2.72 bits per heavy atom. The van der Waals surface area contributed by atoms with Gasteiger partial charge in [-0.1, -0.05) is 18.2 Å². The molecule has 1 unspecified atom stereocenters. The predicted molar refractivity (Wildman–Crippen MR) is 110 cm³/mol. The summed E-state index contributed by atoms with van der Waals surface area (Å²) in [5, 5.41) is 0.962. The maximum Gasteiger partial charge on any atom is 0.251 e. The van der Waals surface area contributed by atoms with Crippen LogP contribution in [0.15, 0.2) is 35.1 Å². The van der Waals surface area contributed by atoms with Crippen LogP contribution in [-0.2, 0) is 20.7 Å². The number of para-hydroxylation sites is 1. The second kappa shape index (κ2) is 8.78. The predicted octanol–water partition coefficient (Wildman–Crippen LogP) is 1.56. The van der Waals surface area contributed by atoms with Crippen LogP contribution in [0.4, 0.5) is 0 Å². The molecule has 2 fully saturated rings. The minimum atomic E-state index is -0.143. The fourth-order valence-electron chi connectivity index (χ4n) is 4.23. The highest BCUT2D eigenvalue weighted by atomic mass is 16.5. The van der Waals surface area contributed by atoms with Crippen molar-refractivity contribution in [1.29, 1.82) is 0 Å². The third kappa shape index (κ3) is 4.50. The molecule has 1 aromatic carbocycles. The van der Waals surface area contributed by atoms with Crippen molar-refractivity contribution in [3.8, 4) is 0 Å². The lowest BCUT2D eigenvalue weighted by Crippen LogP contribution is -2.49. The van der Waals surface area contributed by atoms with Gasteiger partial charge in [-0.3, -0.25) is 14.4 Å². The Morgan fingerprint density at radius 2 is 1.90 bits per heavy atom. The molecular weight excluding hydrogens is 370 g/mol. The molecule has 0 spiro atoms. The maximum absolute atomic E-state index is 12.8. The van der Waals surface area contributed by atoms with E-state index >= 15 is 0 Å². The summed E-state index contributed by atoms with van der Waals surface area (Å²) in [7, 11) is 0. The van der Waals surface area contributed by atoms with E-state index in [1.54, 1.807) is 4.90 Å². The second-order valence-electron chi connectivity index (χ2n) is 7.83. The molecular formula is C22H27N3O4. The highest BCUT2D eigenvalue weighted by molar-refractivity contribution is 5.82. The van der Waals surface area contributed by atoms with Gasteiger partial charge in [-0.2, -0.15) is 0 Å². The second-order valence-corrected chi connectivity index (χ2v) is 7.83. The third-order valence-electron chi connectivity index (χ3n) is 5.88. The zero-order chi connectivity index (χ0) is 20.2. The molecule has 2 aromatic rings. The van der Waals surface area contributed by atoms with E-state index in [0.29, 0.717) is 51.4 Å². The molecule has 7 heteroatoms. The van der Waals surface area contributed by atoms with Gasteiger partial charge in [-0.15, -0.1) is 0 Å². The molecule has 1 aromatic heterocycles. The van der Waals surface area contributed by atoms with Gasteiger partial charge in [-0.05, 0) is 36.8 Å². The van der Waals surface area contributed by atoms with Crippen molar-refractivity contribution in [1.82, 2.24) is 14.8 Å². The number of fused-ring (bicyclic) bond motifs is 1. The smallest absolute Gasteiger partial charge is 0.251 e. The number of nitrogens with zero attached hydrogens (tertiary/aromatic N) is 2. The van der Waals surface area contributed by atoms with E-state index in [1.165, 1.54) is 0 Å². The normalized spacial score (nSPS) is 20.1. The Kier molecular flexibility index (Phi) is 5.94. The first-order chi connectivity index (χ1) is 14.1. The van der Waals surface area contributed by atoms with Crippen molar-refractivity contribution < 1.29 is 14.3 Å². The topological polar surface area (TPSA) is 82.7 Å². The molecule has 29 heavy (non-hydrogen) atoms. The maximum atomic E-state index is 12.8. The number of carbonyl (C=O) groups is 2. The lowest BCUT2D eigenvalue weighted by molar-refractivity contribution is -0.144. The molecule has 7 nitrogen and oxygen atoms in total. The largest absolute Gasteiger partial charge is 0.378 e. The summed E-state index contributed by atoms with van der Waals surface area (Å²) in [4.78, 5) is 44.3. The van der Waals surface area contributed by atoms with E-state index in [4.69, 9.17) is 4.74 Å². The molecule has 0 saturated carbocycles. The number of aromatic nitrogens is 1. The van der Waals surface area contributed by atoms with Crippen molar-refractivity contribution in [3.63, 3.8) is 0 Å². The van der Waals surface area contributed by atoms with Gasteiger partial charge in [0.05, 0.1) is 19.1 Å². The highest BCUT2D eigenvalue weighted by Gasteiger charge is 2.31. The molecule has 1 atom stereocenters. The SMILES string of the molecule is O=C(CCc1cc2ccccc2[nH]c1=O)N1CCCC(C(=O)N2CCOCC2)C1. The number of H-pyrrole nitrogens is 1. The van der Waals surface area contributed by atoms with Crippen LogP contribution < -0.4 is 5.56 Å². The van der Waals surface area contributed by atoms with E-state index in [0.717, 1.165) is 23.7 Å². The van der Waals surface area contributed by atoms with Crippen LogP contribution in [0.2, 0.25) is 0 Å². The monoisotopic (exact) mass is 397 g/mol. The Bertz CT molecular complexity index is 948. The molecule has 0 bridgehead atoms. The Labute approximate surface area is 169 Å². The van der Waals surface area contributed by atoms with E-state index < -0.39 is 0 Å². The number of amides is 2. The quantitative estimate of drug-likeness (QED) is 0.849. The molecule has 2 amide bonds.